The summed E-state index contributed by atoms with van der Waals surface area (Å²) in [6.45, 7) is 8.19. The van der Waals surface area contributed by atoms with E-state index in [0.29, 0.717) is 5.92 Å². The number of nitrogens with zero attached hydrogens (tertiary/aromatic N) is 1. The molecule has 0 bridgehead atoms. The Morgan fingerprint density at radius 3 is 2.33 bits per heavy atom. The predicted octanol–water partition coefficient (Wildman–Crippen LogP) is 2.70. The molecular weight excluding hydrogens is 148 g/mol. The second-order valence-electron chi connectivity index (χ2n) is 2.82. The van der Waals surface area contributed by atoms with Gasteiger partial charge in [0.25, 0.3) is 0 Å². The van der Waals surface area contributed by atoms with Crippen molar-refractivity contribution in [2.45, 2.75) is 27.7 Å². The van der Waals surface area contributed by atoms with E-state index in [2.05, 4.69) is 24.4 Å². The van der Waals surface area contributed by atoms with Crippen molar-refractivity contribution in [3.05, 3.63) is 24.4 Å². The van der Waals surface area contributed by atoms with Gasteiger partial charge in [-0.05, 0) is 25.8 Å². The van der Waals surface area contributed by atoms with Crippen LogP contribution in [0.4, 0.5) is 0 Å². The number of hydrogen-bond acceptors (Lipinski definition) is 2. The molecule has 0 fully saturated rings. The number of hydrazone groups is 1. The van der Waals surface area contributed by atoms with Crippen LogP contribution >= 0.6 is 0 Å². The molecule has 0 aliphatic heterocycles. The minimum absolute atomic E-state index is 0.457. The largest absolute Gasteiger partial charge is 0.286 e. The molecule has 0 aliphatic rings. The third kappa shape index (κ3) is 4.72. The molecule has 0 saturated heterocycles. The van der Waals surface area contributed by atoms with Gasteiger partial charge in [0, 0.05) is 6.20 Å². The smallest absolute Gasteiger partial charge is 0.0629 e. The van der Waals surface area contributed by atoms with Crippen molar-refractivity contribution < 1.29 is 0 Å². The summed E-state index contributed by atoms with van der Waals surface area (Å²) in [5, 5.41) is 4.20. The van der Waals surface area contributed by atoms with Gasteiger partial charge in [-0.2, -0.15) is 5.10 Å². The number of rotatable bonds is 4. The van der Waals surface area contributed by atoms with E-state index in [4.69, 9.17) is 0 Å². The highest BCUT2D eigenvalue weighted by molar-refractivity contribution is 5.96. The molecular formula is C10H18N2. The van der Waals surface area contributed by atoms with Crippen LogP contribution < -0.4 is 5.43 Å². The lowest BCUT2D eigenvalue weighted by molar-refractivity contribution is 0.852. The zero-order chi connectivity index (χ0) is 9.40. The first-order chi connectivity index (χ1) is 5.72. The van der Waals surface area contributed by atoms with Crippen molar-refractivity contribution in [1.29, 1.82) is 0 Å². The molecule has 0 spiro atoms. The maximum Gasteiger partial charge on any atom is 0.0629 e. The van der Waals surface area contributed by atoms with Crippen molar-refractivity contribution >= 4 is 5.71 Å². The highest BCUT2D eigenvalue weighted by Gasteiger charge is 1.98. The molecule has 1 N–H and O–H groups in total. The lowest BCUT2D eigenvalue weighted by Crippen LogP contribution is -2.08. The Labute approximate surface area is 75.1 Å². The SMILES string of the molecule is C/C=C\N/N=C(\C=C\C)C(C)C. The second kappa shape index (κ2) is 6.65. The van der Waals surface area contributed by atoms with Gasteiger partial charge in [0.15, 0.2) is 0 Å². The normalized spacial score (nSPS) is 13.6. The van der Waals surface area contributed by atoms with Gasteiger partial charge >= 0.3 is 0 Å². The maximum atomic E-state index is 4.20. The summed E-state index contributed by atoms with van der Waals surface area (Å²) in [6, 6.07) is 0. The molecule has 0 aromatic carbocycles. The van der Waals surface area contributed by atoms with E-state index in [1.54, 1.807) is 0 Å². The van der Waals surface area contributed by atoms with Gasteiger partial charge in [-0.1, -0.05) is 26.0 Å². The summed E-state index contributed by atoms with van der Waals surface area (Å²) >= 11 is 0. The minimum atomic E-state index is 0.457. The third-order valence-corrected chi connectivity index (χ3v) is 1.36. The van der Waals surface area contributed by atoms with Crippen LogP contribution in [0.15, 0.2) is 29.5 Å². The number of allylic oxidation sites excluding steroid dienone is 3. The Balaban J connectivity index is 4.18. The van der Waals surface area contributed by atoms with Crippen LogP contribution in [0, 0.1) is 5.92 Å². The molecule has 0 heterocycles. The van der Waals surface area contributed by atoms with Crippen LogP contribution in [0.1, 0.15) is 27.7 Å². The van der Waals surface area contributed by atoms with Gasteiger partial charge in [-0.15, -0.1) is 0 Å². The molecule has 2 nitrogen and oxygen atoms in total. The Hall–Kier alpha value is -1.05. The van der Waals surface area contributed by atoms with Gasteiger partial charge in [0.2, 0.25) is 0 Å². The van der Waals surface area contributed by atoms with E-state index in [0.717, 1.165) is 5.71 Å². The molecule has 0 radical (unpaired) electrons. The fourth-order valence-electron chi connectivity index (χ4n) is 0.716. The molecule has 0 unspecified atom stereocenters. The molecule has 0 atom stereocenters. The fraction of sp³-hybridized carbons (Fsp3) is 0.500. The Morgan fingerprint density at radius 1 is 1.25 bits per heavy atom. The summed E-state index contributed by atoms with van der Waals surface area (Å²) in [5.41, 5.74) is 3.92. The topological polar surface area (TPSA) is 24.4 Å². The van der Waals surface area contributed by atoms with E-state index in [1.165, 1.54) is 0 Å². The van der Waals surface area contributed by atoms with Gasteiger partial charge in [0.05, 0.1) is 5.71 Å². The molecule has 0 rings (SSSR count). The van der Waals surface area contributed by atoms with E-state index >= 15 is 0 Å². The molecule has 2 heteroatoms. The molecule has 68 valence electrons. The van der Waals surface area contributed by atoms with Crippen molar-refractivity contribution in [1.82, 2.24) is 5.43 Å². The first-order valence-corrected chi connectivity index (χ1v) is 4.29. The lowest BCUT2D eigenvalue weighted by Gasteiger charge is -2.03. The minimum Gasteiger partial charge on any atom is -0.286 e. The molecule has 0 aliphatic carbocycles. The summed E-state index contributed by atoms with van der Waals surface area (Å²) < 4.78 is 0. The third-order valence-electron chi connectivity index (χ3n) is 1.36. The Kier molecular flexibility index (Phi) is 6.07. The van der Waals surface area contributed by atoms with E-state index in [1.807, 2.05) is 38.3 Å². The van der Waals surface area contributed by atoms with Crippen molar-refractivity contribution in [3.8, 4) is 0 Å². The molecule has 12 heavy (non-hydrogen) atoms. The van der Waals surface area contributed by atoms with Crippen molar-refractivity contribution in [2.24, 2.45) is 11.0 Å². The van der Waals surface area contributed by atoms with Crippen LogP contribution in [-0.2, 0) is 0 Å². The molecule has 0 aromatic rings. The highest BCUT2D eigenvalue weighted by atomic mass is 15.3. The average molecular weight is 166 g/mol. The summed E-state index contributed by atoms with van der Waals surface area (Å²) in [7, 11) is 0. The monoisotopic (exact) mass is 166 g/mol. The molecule has 0 saturated carbocycles. The van der Waals surface area contributed by atoms with E-state index < -0.39 is 0 Å². The van der Waals surface area contributed by atoms with Gasteiger partial charge in [0.1, 0.15) is 0 Å². The Morgan fingerprint density at radius 2 is 1.92 bits per heavy atom. The number of nitrogens with one attached hydrogen (secondary N) is 1. The highest BCUT2D eigenvalue weighted by Crippen LogP contribution is 1.97. The first kappa shape index (κ1) is 11.0. The first-order valence-electron chi connectivity index (χ1n) is 4.29. The second-order valence-corrected chi connectivity index (χ2v) is 2.82. The van der Waals surface area contributed by atoms with Crippen LogP contribution in [0.5, 0.6) is 0 Å². The average Bonchev–Trinajstić information content (AvgIpc) is 2.03. The summed E-state index contributed by atoms with van der Waals surface area (Å²) in [6.07, 6.45) is 7.74. The van der Waals surface area contributed by atoms with Crippen molar-refractivity contribution in [3.63, 3.8) is 0 Å². The maximum absolute atomic E-state index is 4.20. The van der Waals surface area contributed by atoms with E-state index in [-0.39, 0.29) is 0 Å². The van der Waals surface area contributed by atoms with Crippen LogP contribution in [0.3, 0.4) is 0 Å². The van der Waals surface area contributed by atoms with Gasteiger partial charge < -0.3 is 0 Å². The van der Waals surface area contributed by atoms with Gasteiger partial charge in [-0.3, -0.25) is 5.43 Å². The zero-order valence-electron chi connectivity index (χ0n) is 8.33. The van der Waals surface area contributed by atoms with Gasteiger partial charge in [-0.25, -0.2) is 0 Å². The van der Waals surface area contributed by atoms with Crippen LogP contribution in [0.2, 0.25) is 0 Å². The predicted molar refractivity (Wildman–Crippen MR) is 55.0 cm³/mol. The molecule has 0 amide bonds. The van der Waals surface area contributed by atoms with Crippen LogP contribution in [-0.4, -0.2) is 5.71 Å². The Bertz CT molecular complexity index is 188. The molecule has 0 aromatic heterocycles. The van der Waals surface area contributed by atoms with Crippen LogP contribution in [0.25, 0.3) is 0 Å². The summed E-state index contributed by atoms with van der Waals surface area (Å²) in [4.78, 5) is 0. The summed E-state index contributed by atoms with van der Waals surface area (Å²) in [5.74, 6) is 0.457. The quantitative estimate of drug-likeness (QED) is 0.504. The van der Waals surface area contributed by atoms with E-state index in [9.17, 15) is 0 Å². The zero-order valence-corrected chi connectivity index (χ0v) is 8.33. The lowest BCUT2D eigenvalue weighted by atomic mass is 10.1. The standard InChI is InChI=1S/C10H18N2/c1-5-7-10(9(3)4)12-11-8-6-2/h5-9,11H,1-4H3/b7-5+,8-6-,12-10+. The number of hydrogen-bond donors (Lipinski definition) is 1. The van der Waals surface area contributed by atoms with Crippen molar-refractivity contribution in [2.75, 3.05) is 0 Å². The fourth-order valence-corrected chi connectivity index (χ4v) is 0.716.